The Bertz CT molecular complexity index is 337. The lowest BCUT2D eigenvalue weighted by molar-refractivity contribution is 0.383. The van der Waals surface area contributed by atoms with Gasteiger partial charge < -0.3 is 11.1 Å². The first kappa shape index (κ1) is 8.78. The Morgan fingerprint density at radius 3 is 2.77 bits per heavy atom. The highest BCUT2D eigenvalue weighted by atomic mass is 35.5. The van der Waals surface area contributed by atoms with Crippen molar-refractivity contribution in [2.24, 2.45) is 0 Å². The van der Waals surface area contributed by atoms with Crippen LogP contribution in [0, 0.1) is 5.82 Å². The normalized spacial score (nSPS) is 21.2. The second kappa shape index (κ2) is 3.16. The summed E-state index contributed by atoms with van der Waals surface area (Å²) in [6.45, 7) is 0.957. The summed E-state index contributed by atoms with van der Waals surface area (Å²) in [4.78, 5) is 0. The summed E-state index contributed by atoms with van der Waals surface area (Å²) in [5.41, 5.74) is 6.57. The largest absolute Gasteiger partial charge is 0.396 e. The van der Waals surface area contributed by atoms with Crippen LogP contribution in [0.5, 0.6) is 0 Å². The highest BCUT2D eigenvalue weighted by Crippen LogP contribution is 2.31. The smallest absolute Gasteiger partial charge is 0.147 e. The molecule has 0 bridgehead atoms. The van der Waals surface area contributed by atoms with Crippen molar-refractivity contribution in [3.8, 4) is 0 Å². The predicted molar refractivity (Wildman–Crippen MR) is 51.2 cm³/mol. The van der Waals surface area contributed by atoms with Gasteiger partial charge in [0.05, 0.1) is 5.69 Å². The molecule has 1 fully saturated rings. The van der Waals surface area contributed by atoms with Gasteiger partial charge in [-0.25, -0.2) is 4.39 Å². The van der Waals surface area contributed by atoms with E-state index in [4.69, 9.17) is 17.3 Å². The zero-order valence-electron chi connectivity index (χ0n) is 6.98. The molecule has 2 rings (SSSR count). The number of hydrogen-bond donors (Lipinski definition) is 2. The molecule has 1 heterocycles. The van der Waals surface area contributed by atoms with Gasteiger partial charge in [0.2, 0.25) is 0 Å². The summed E-state index contributed by atoms with van der Waals surface area (Å²) in [5, 5.41) is 3.55. The van der Waals surface area contributed by atoms with Crippen molar-refractivity contribution in [1.29, 1.82) is 0 Å². The monoisotopic (exact) mass is 200 g/mol. The topological polar surface area (TPSA) is 38.0 Å². The predicted octanol–water partition coefficient (Wildman–Crippen LogP) is 2.10. The number of anilines is 1. The minimum absolute atomic E-state index is 0.174. The van der Waals surface area contributed by atoms with Crippen molar-refractivity contribution < 1.29 is 4.39 Å². The van der Waals surface area contributed by atoms with Crippen LogP contribution >= 0.6 is 11.6 Å². The molecule has 0 aromatic heterocycles. The molecule has 0 spiro atoms. The third-order valence-electron chi connectivity index (χ3n) is 2.33. The second-order valence-electron chi connectivity index (χ2n) is 3.19. The first-order valence-corrected chi connectivity index (χ1v) is 4.54. The highest BCUT2D eigenvalue weighted by Gasteiger charge is 2.22. The van der Waals surface area contributed by atoms with E-state index in [0.29, 0.717) is 5.02 Å². The van der Waals surface area contributed by atoms with Crippen molar-refractivity contribution in [2.75, 3.05) is 12.3 Å². The Balaban J connectivity index is 2.42. The van der Waals surface area contributed by atoms with E-state index >= 15 is 0 Å². The summed E-state index contributed by atoms with van der Waals surface area (Å²) in [6, 6.07) is 3.13. The maximum atomic E-state index is 13.1. The van der Waals surface area contributed by atoms with Gasteiger partial charge in [0.25, 0.3) is 0 Å². The van der Waals surface area contributed by atoms with Gasteiger partial charge in [-0.2, -0.15) is 0 Å². The fourth-order valence-corrected chi connectivity index (χ4v) is 1.66. The molecule has 1 saturated heterocycles. The molecule has 1 aliphatic rings. The Labute approximate surface area is 80.9 Å². The first-order valence-electron chi connectivity index (χ1n) is 4.16. The SMILES string of the molecule is Nc1c(F)cc(Cl)cc1[C@H]1CCN1. The molecule has 1 aliphatic heterocycles. The number of hydrogen-bond acceptors (Lipinski definition) is 2. The van der Waals surface area contributed by atoms with Crippen LogP contribution in [0.1, 0.15) is 18.0 Å². The van der Waals surface area contributed by atoms with Crippen LogP contribution in [0.25, 0.3) is 0 Å². The minimum atomic E-state index is -0.434. The van der Waals surface area contributed by atoms with E-state index in [1.165, 1.54) is 6.07 Å². The number of nitrogens with two attached hydrogens (primary N) is 1. The maximum Gasteiger partial charge on any atom is 0.147 e. The molecule has 0 aliphatic carbocycles. The van der Waals surface area contributed by atoms with Crippen molar-refractivity contribution in [3.63, 3.8) is 0 Å². The molecule has 1 aromatic rings. The van der Waals surface area contributed by atoms with Crippen LogP contribution in [0.2, 0.25) is 5.02 Å². The summed E-state index contributed by atoms with van der Waals surface area (Å²) in [5.74, 6) is -0.434. The van der Waals surface area contributed by atoms with Gasteiger partial charge in [-0.1, -0.05) is 11.6 Å². The molecule has 13 heavy (non-hydrogen) atoms. The molecule has 0 radical (unpaired) electrons. The van der Waals surface area contributed by atoms with E-state index in [1.807, 2.05) is 0 Å². The molecular weight excluding hydrogens is 191 g/mol. The Hall–Kier alpha value is -0.800. The molecule has 2 nitrogen and oxygen atoms in total. The zero-order valence-corrected chi connectivity index (χ0v) is 7.74. The average Bonchev–Trinajstić information content (AvgIpc) is 1.95. The van der Waals surface area contributed by atoms with Gasteiger partial charge in [-0.3, -0.25) is 0 Å². The van der Waals surface area contributed by atoms with Crippen molar-refractivity contribution in [3.05, 3.63) is 28.5 Å². The van der Waals surface area contributed by atoms with E-state index < -0.39 is 5.82 Å². The van der Waals surface area contributed by atoms with Crippen molar-refractivity contribution in [1.82, 2.24) is 5.32 Å². The molecular formula is C9H10ClFN2. The molecule has 0 unspecified atom stereocenters. The van der Waals surface area contributed by atoms with E-state index in [0.717, 1.165) is 18.5 Å². The summed E-state index contributed by atoms with van der Waals surface area (Å²) < 4.78 is 13.1. The molecule has 0 saturated carbocycles. The molecule has 1 atom stereocenters. The van der Waals surface area contributed by atoms with Gasteiger partial charge in [0, 0.05) is 11.1 Å². The number of rotatable bonds is 1. The Morgan fingerprint density at radius 1 is 1.54 bits per heavy atom. The Kier molecular flexibility index (Phi) is 2.14. The Morgan fingerprint density at radius 2 is 2.23 bits per heavy atom. The summed E-state index contributed by atoms with van der Waals surface area (Å²) in [7, 11) is 0. The van der Waals surface area contributed by atoms with Crippen LogP contribution in [0.4, 0.5) is 10.1 Å². The van der Waals surface area contributed by atoms with E-state index in [1.54, 1.807) is 6.07 Å². The second-order valence-corrected chi connectivity index (χ2v) is 3.62. The third kappa shape index (κ3) is 1.49. The van der Waals surface area contributed by atoms with E-state index in [2.05, 4.69) is 5.32 Å². The lowest BCUT2D eigenvalue weighted by Gasteiger charge is -2.29. The van der Waals surface area contributed by atoms with Gasteiger partial charge in [0.15, 0.2) is 0 Å². The quantitative estimate of drug-likeness (QED) is 0.682. The van der Waals surface area contributed by atoms with Gasteiger partial charge in [-0.05, 0) is 30.7 Å². The lowest BCUT2D eigenvalue weighted by atomic mass is 9.96. The molecule has 4 heteroatoms. The third-order valence-corrected chi connectivity index (χ3v) is 2.54. The van der Waals surface area contributed by atoms with Crippen LogP contribution in [-0.2, 0) is 0 Å². The van der Waals surface area contributed by atoms with Crippen LogP contribution < -0.4 is 11.1 Å². The van der Waals surface area contributed by atoms with Crippen LogP contribution in [0.3, 0.4) is 0 Å². The number of nitrogen functional groups attached to an aromatic ring is 1. The minimum Gasteiger partial charge on any atom is -0.396 e. The summed E-state index contributed by atoms with van der Waals surface area (Å²) in [6.07, 6.45) is 0.990. The highest BCUT2D eigenvalue weighted by molar-refractivity contribution is 6.30. The fourth-order valence-electron chi connectivity index (χ4n) is 1.45. The van der Waals surface area contributed by atoms with Crippen LogP contribution in [-0.4, -0.2) is 6.54 Å². The van der Waals surface area contributed by atoms with Crippen LogP contribution in [0.15, 0.2) is 12.1 Å². The van der Waals surface area contributed by atoms with Gasteiger partial charge >= 0.3 is 0 Å². The van der Waals surface area contributed by atoms with Gasteiger partial charge in [0.1, 0.15) is 5.82 Å². The maximum absolute atomic E-state index is 13.1. The number of benzene rings is 1. The average molecular weight is 201 g/mol. The first-order chi connectivity index (χ1) is 6.18. The molecule has 3 N–H and O–H groups in total. The standard InChI is InChI=1S/C9H10ClFN2/c10-5-3-6(8-1-2-13-8)9(12)7(11)4-5/h3-4,8,13H,1-2,12H2/t8-/m1/s1. The molecule has 1 aromatic carbocycles. The van der Waals surface area contributed by atoms with Gasteiger partial charge in [-0.15, -0.1) is 0 Å². The number of halogens is 2. The van der Waals surface area contributed by atoms with Crippen molar-refractivity contribution in [2.45, 2.75) is 12.5 Å². The van der Waals surface area contributed by atoms with E-state index in [9.17, 15) is 4.39 Å². The number of nitrogens with one attached hydrogen (secondary N) is 1. The van der Waals surface area contributed by atoms with E-state index in [-0.39, 0.29) is 11.7 Å². The zero-order chi connectivity index (χ0) is 9.42. The fraction of sp³-hybridized carbons (Fsp3) is 0.333. The molecule has 70 valence electrons. The lowest BCUT2D eigenvalue weighted by Crippen LogP contribution is -2.35. The summed E-state index contributed by atoms with van der Waals surface area (Å²) >= 11 is 5.72. The molecule has 0 amide bonds. The van der Waals surface area contributed by atoms with Crippen molar-refractivity contribution >= 4 is 17.3 Å².